The van der Waals surface area contributed by atoms with Crippen molar-refractivity contribution in [3.8, 4) is 0 Å². The third kappa shape index (κ3) is 5.70. The molecule has 0 radical (unpaired) electrons. The van der Waals surface area contributed by atoms with E-state index in [0.717, 1.165) is 29.8 Å². The largest absolute Gasteiger partial charge is 0.329 e. The number of carbonyl (C=O) groups is 1. The number of para-hydroxylation sites is 1. The van der Waals surface area contributed by atoms with Crippen LogP contribution < -0.4 is 10.2 Å². The fourth-order valence-electron chi connectivity index (χ4n) is 3.78. The number of hydrogen-bond acceptors (Lipinski definition) is 4. The maximum Gasteiger partial charge on any atom is 0.234 e. The van der Waals surface area contributed by atoms with Crippen LogP contribution in [0.4, 0.5) is 5.69 Å². The van der Waals surface area contributed by atoms with Crippen LogP contribution in [0.25, 0.3) is 0 Å². The number of nitrogens with zero attached hydrogens (tertiary/aromatic N) is 3. The topological polar surface area (TPSA) is 64.2 Å². The summed E-state index contributed by atoms with van der Waals surface area (Å²) >= 11 is 1.44. The Bertz CT molecular complexity index is 939. The summed E-state index contributed by atoms with van der Waals surface area (Å²) in [5.41, 5.74) is 2.02. The Morgan fingerprint density at radius 3 is 2.40 bits per heavy atom. The van der Waals surface area contributed by atoms with Crippen LogP contribution in [-0.2, 0) is 17.9 Å². The van der Waals surface area contributed by atoms with Crippen LogP contribution in [0, 0.1) is 0 Å². The summed E-state index contributed by atoms with van der Waals surface area (Å²) in [4.78, 5) is 14.0. The predicted molar refractivity (Wildman–Crippen MR) is 120 cm³/mol. The molecule has 0 atom stereocenters. The van der Waals surface area contributed by atoms with Gasteiger partial charge in [-0.3, -0.25) is 9.36 Å². The monoisotopic (exact) mass is 422 g/mol. The Morgan fingerprint density at radius 1 is 0.967 bits per heavy atom. The molecule has 1 aliphatic heterocycles. The molecule has 1 amide bonds. The fourth-order valence-corrected chi connectivity index (χ4v) is 4.54. The number of benzene rings is 2. The zero-order valence-corrected chi connectivity index (χ0v) is 17.9. The van der Waals surface area contributed by atoms with Gasteiger partial charge in [-0.15, -0.1) is 10.2 Å². The highest BCUT2D eigenvalue weighted by Crippen LogP contribution is 2.19. The van der Waals surface area contributed by atoms with Crippen LogP contribution in [0.2, 0.25) is 0 Å². The highest BCUT2D eigenvalue weighted by atomic mass is 32.2. The summed E-state index contributed by atoms with van der Waals surface area (Å²) in [6.45, 7) is 4.00. The number of hydrogen-bond donors (Lipinski definition) is 2. The first-order valence-electron chi connectivity index (χ1n) is 10.6. The van der Waals surface area contributed by atoms with Gasteiger partial charge in [0, 0.05) is 5.69 Å². The maximum absolute atomic E-state index is 12.4. The van der Waals surface area contributed by atoms with Crippen molar-refractivity contribution in [1.82, 2.24) is 14.8 Å². The smallest absolute Gasteiger partial charge is 0.234 e. The van der Waals surface area contributed by atoms with Crippen molar-refractivity contribution in [2.24, 2.45) is 0 Å². The third-order valence-corrected chi connectivity index (χ3v) is 6.30. The quantitative estimate of drug-likeness (QED) is 0.548. The third-order valence-electron chi connectivity index (χ3n) is 5.34. The summed E-state index contributed by atoms with van der Waals surface area (Å²) in [6.07, 6.45) is 3.89. The van der Waals surface area contributed by atoms with E-state index in [1.54, 1.807) is 4.90 Å². The summed E-state index contributed by atoms with van der Waals surface area (Å²) in [7, 11) is 0. The van der Waals surface area contributed by atoms with E-state index >= 15 is 0 Å². The molecule has 4 rings (SSSR count). The first kappa shape index (κ1) is 20.6. The lowest BCUT2D eigenvalue weighted by Gasteiger charge is -2.23. The molecule has 1 saturated heterocycles. The van der Waals surface area contributed by atoms with Crippen LogP contribution in [0.5, 0.6) is 0 Å². The average Bonchev–Trinajstić information content (AvgIpc) is 3.15. The molecule has 0 spiro atoms. The van der Waals surface area contributed by atoms with Crippen molar-refractivity contribution in [2.75, 3.05) is 24.2 Å². The molecule has 7 heteroatoms. The van der Waals surface area contributed by atoms with Crippen LogP contribution >= 0.6 is 11.8 Å². The van der Waals surface area contributed by atoms with Gasteiger partial charge in [0.2, 0.25) is 5.91 Å². The van der Waals surface area contributed by atoms with Crippen molar-refractivity contribution in [1.29, 1.82) is 0 Å². The van der Waals surface area contributed by atoms with E-state index in [0.29, 0.717) is 5.75 Å². The first-order valence-corrected chi connectivity index (χ1v) is 11.5. The molecular weight excluding hydrogens is 394 g/mol. The van der Waals surface area contributed by atoms with E-state index in [1.807, 2.05) is 36.4 Å². The molecular formula is C23H28N5OS+. The number of aromatic nitrogens is 3. The number of quaternary nitrogens is 1. The Kier molecular flexibility index (Phi) is 7.16. The standard InChI is InChI=1S/C23H27N5OS/c29-22(24-20-12-6-2-7-13-20)18-30-23-26-25-21(17-27-14-8-3-9-15-27)28(23)16-19-10-4-1-5-11-19/h1-2,4-7,10-13H,3,8-9,14-18H2,(H,24,29)/p+1. The van der Waals surface area contributed by atoms with Gasteiger partial charge in [0.25, 0.3) is 0 Å². The SMILES string of the molecule is O=C(CSc1nnc(C[NH+]2CCCCC2)n1Cc1ccccc1)Nc1ccccc1. The Balaban J connectivity index is 1.46. The molecule has 2 heterocycles. The molecule has 156 valence electrons. The normalized spacial score (nSPS) is 14.5. The minimum atomic E-state index is -0.0383. The summed E-state index contributed by atoms with van der Waals surface area (Å²) < 4.78 is 2.18. The van der Waals surface area contributed by atoms with Gasteiger partial charge in [-0.1, -0.05) is 60.3 Å². The van der Waals surface area contributed by atoms with E-state index < -0.39 is 0 Å². The minimum Gasteiger partial charge on any atom is -0.329 e. The van der Waals surface area contributed by atoms with E-state index in [2.05, 4.69) is 44.3 Å². The van der Waals surface area contributed by atoms with Gasteiger partial charge in [-0.25, -0.2) is 0 Å². The van der Waals surface area contributed by atoms with Crippen molar-refractivity contribution >= 4 is 23.4 Å². The van der Waals surface area contributed by atoms with Gasteiger partial charge in [-0.2, -0.15) is 0 Å². The lowest BCUT2D eigenvalue weighted by Crippen LogP contribution is -3.11. The number of nitrogens with one attached hydrogen (secondary N) is 2. The summed E-state index contributed by atoms with van der Waals surface area (Å²) in [5.74, 6) is 1.27. The molecule has 2 N–H and O–H groups in total. The number of anilines is 1. The zero-order chi connectivity index (χ0) is 20.6. The Hall–Kier alpha value is -2.64. The number of carbonyl (C=O) groups excluding carboxylic acids is 1. The number of likely N-dealkylation sites (tertiary alicyclic amines) is 1. The van der Waals surface area contributed by atoms with E-state index in [4.69, 9.17) is 0 Å². The van der Waals surface area contributed by atoms with Gasteiger partial charge in [0.15, 0.2) is 11.0 Å². The second-order valence-corrected chi connectivity index (χ2v) is 8.60. The lowest BCUT2D eigenvalue weighted by molar-refractivity contribution is -0.919. The molecule has 0 unspecified atom stereocenters. The second kappa shape index (κ2) is 10.4. The van der Waals surface area contributed by atoms with Gasteiger partial charge >= 0.3 is 0 Å². The predicted octanol–water partition coefficient (Wildman–Crippen LogP) is 2.63. The molecule has 6 nitrogen and oxygen atoms in total. The molecule has 0 bridgehead atoms. The summed E-state index contributed by atoms with van der Waals surface area (Å²) in [6, 6.07) is 19.9. The first-order chi connectivity index (χ1) is 14.8. The van der Waals surface area contributed by atoms with Crippen molar-refractivity contribution in [3.05, 3.63) is 72.1 Å². The van der Waals surface area contributed by atoms with E-state index in [9.17, 15) is 4.79 Å². The molecule has 1 aliphatic rings. The fraction of sp³-hybridized carbons (Fsp3) is 0.348. The van der Waals surface area contributed by atoms with Crippen LogP contribution in [0.1, 0.15) is 30.7 Å². The molecule has 2 aromatic carbocycles. The van der Waals surface area contributed by atoms with E-state index in [1.165, 1.54) is 49.7 Å². The molecule has 3 aromatic rings. The Morgan fingerprint density at radius 2 is 1.67 bits per heavy atom. The minimum absolute atomic E-state index is 0.0383. The average molecular weight is 423 g/mol. The number of thioether (sulfide) groups is 1. The Labute approximate surface area is 181 Å². The molecule has 0 aliphatic carbocycles. The van der Waals surface area contributed by atoms with Crippen molar-refractivity contribution in [3.63, 3.8) is 0 Å². The molecule has 1 fully saturated rings. The molecule has 30 heavy (non-hydrogen) atoms. The molecule has 0 saturated carbocycles. The summed E-state index contributed by atoms with van der Waals surface area (Å²) in [5, 5.41) is 12.7. The number of amides is 1. The van der Waals surface area contributed by atoms with Gasteiger partial charge in [0.05, 0.1) is 25.4 Å². The second-order valence-electron chi connectivity index (χ2n) is 7.66. The lowest BCUT2D eigenvalue weighted by atomic mass is 10.1. The van der Waals surface area contributed by atoms with Crippen molar-refractivity contribution in [2.45, 2.75) is 37.5 Å². The number of rotatable bonds is 8. The van der Waals surface area contributed by atoms with Crippen LogP contribution in [0.15, 0.2) is 65.8 Å². The highest BCUT2D eigenvalue weighted by Gasteiger charge is 2.21. The number of piperidine rings is 1. The van der Waals surface area contributed by atoms with Crippen LogP contribution in [0.3, 0.4) is 0 Å². The zero-order valence-electron chi connectivity index (χ0n) is 17.1. The highest BCUT2D eigenvalue weighted by molar-refractivity contribution is 7.99. The van der Waals surface area contributed by atoms with E-state index in [-0.39, 0.29) is 5.91 Å². The maximum atomic E-state index is 12.4. The van der Waals surface area contributed by atoms with Gasteiger partial charge in [0.1, 0.15) is 6.54 Å². The van der Waals surface area contributed by atoms with Crippen LogP contribution in [-0.4, -0.2) is 39.5 Å². The van der Waals surface area contributed by atoms with Crippen molar-refractivity contribution < 1.29 is 9.69 Å². The molecule has 1 aromatic heterocycles. The van der Waals surface area contributed by atoms with Gasteiger partial charge in [-0.05, 0) is 37.0 Å². The van der Waals surface area contributed by atoms with Gasteiger partial charge < -0.3 is 10.2 Å².